The van der Waals surface area contributed by atoms with Crippen LogP contribution in [0.5, 0.6) is 0 Å². The van der Waals surface area contributed by atoms with Gasteiger partial charge in [0.2, 0.25) is 0 Å². The summed E-state index contributed by atoms with van der Waals surface area (Å²) in [5.74, 6) is -1.59. The summed E-state index contributed by atoms with van der Waals surface area (Å²) < 4.78 is 12.0. The van der Waals surface area contributed by atoms with Crippen molar-refractivity contribution in [1.29, 1.82) is 0 Å². The van der Waals surface area contributed by atoms with E-state index in [9.17, 15) is 9.18 Å². The van der Waals surface area contributed by atoms with E-state index in [1.165, 1.54) is 6.92 Å². The summed E-state index contributed by atoms with van der Waals surface area (Å²) in [6.45, 7) is 0.899. The second-order valence-electron chi connectivity index (χ2n) is 2.36. The zero-order valence-corrected chi connectivity index (χ0v) is 7.27. The monoisotopic (exact) mass is 189 g/mol. The van der Waals surface area contributed by atoms with Crippen molar-refractivity contribution < 1.29 is 14.3 Å². The van der Waals surface area contributed by atoms with Crippen LogP contribution in [0.4, 0.5) is 4.39 Å². The van der Waals surface area contributed by atoms with Crippen LogP contribution in [0.3, 0.4) is 0 Å². The molecule has 0 amide bonds. The Hall–Kier alpha value is -0.970. The van der Waals surface area contributed by atoms with E-state index in [1.54, 1.807) is 5.38 Å². The molecule has 0 aliphatic carbocycles. The van der Waals surface area contributed by atoms with Gasteiger partial charge in [0.1, 0.15) is 11.7 Å². The number of hydrogen-bond acceptors (Lipinski definition) is 3. The fourth-order valence-corrected chi connectivity index (χ4v) is 1.45. The van der Waals surface area contributed by atoms with Crippen molar-refractivity contribution in [2.24, 2.45) is 0 Å². The summed E-state index contributed by atoms with van der Waals surface area (Å²) in [5.41, 5.74) is 0.431. The van der Waals surface area contributed by atoms with Gasteiger partial charge in [-0.3, -0.25) is 4.79 Å². The Balaban J connectivity index is 2.81. The molecule has 0 spiro atoms. The fourth-order valence-electron chi connectivity index (χ4n) is 0.712. The van der Waals surface area contributed by atoms with E-state index in [4.69, 9.17) is 5.11 Å². The molecule has 66 valence electrons. The first-order chi connectivity index (χ1) is 5.65. The van der Waals surface area contributed by atoms with Gasteiger partial charge in [-0.2, -0.15) is 0 Å². The molecule has 1 heterocycles. The van der Waals surface area contributed by atoms with Gasteiger partial charge in [-0.15, -0.1) is 11.3 Å². The standard InChI is InChI=1S/C7H8FNO2S/c1-4(7(10)11)5-3-12-6(2-8)9-5/h3-4H,2H2,1H3,(H,10,11). The minimum atomic E-state index is -0.939. The predicted octanol–water partition coefficient (Wildman–Crippen LogP) is 1.80. The second kappa shape index (κ2) is 3.62. The Morgan fingerprint density at radius 2 is 2.58 bits per heavy atom. The molecule has 0 aliphatic rings. The van der Waals surface area contributed by atoms with Gasteiger partial charge in [-0.05, 0) is 6.92 Å². The van der Waals surface area contributed by atoms with E-state index in [0.717, 1.165) is 11.3 Å². The molecule has 0 fully saturated rings. The number of nitrogens with zero attached hydrogens (tertiary/aromatic N) is 1. The van der Waals surface area contributed by atoms with Crippen molar-refractivity contribution in [1.82, 2.24) is 4.98 Å². The molecular formula is C7H8FNO2S. The lowest BCUT2D eigenvalue weighted by Gasteiger charge is -1.99. The fraction of sp³-hybridized carbons (Fsp3) is 0.429. The molecule has 0 aromatic carbocycles. The summed E-state index contributed by atoms with van der Waals surface area (Å²) in [4.78, 5) is 14.3. The molecule has 1 aromatic heterocycles. The van der Waals surface area contributed by atoms with E-state index >= 15 is 0 Å². The predicted molar refractivity (Wildman–Crippen MR) is 43.0 cm³/mol. The van der Waals surface area contributed by atoms with Gasteiger partial charge in [-0.1, -0.05) is 0 Å². The van der Waals surface area contributed by atoms with E-state index < -0.39 is 18.6 Å². The largest absolute Gasteiger partial charge is 0.481 e. The van der Waals surface area contributed by atoms with Gasteiger partial charge in [0.25, 0.3) is 0 Å². The lowest BCUT2D eigenvalue weighted by Crippen LogP contribution is -2.07. The van der Waals surface area contributed by atoms with Crippen LogP contribution in [0.25, 0.3) is 0 Å². The first kappa shape index (κ1) is 9.12. The topological polar surface area (TPSA) is 50.2 Å². The Bertz CT molecular complexity index is 287. The lowest BCUT2D eigenvalue weighted by molar-refractivity contribution is -0.138. The highest BCUT2D eigenvalue weighted by atomic mass is 32.1. The number of halogens is 1. The van der Waals surface area contributed by atoms with Crippen molar-refractivity contribution in [3.8, 4) is 0 Å². The average molecular weight is 189 g/mol. The molecular weight excluding hydrogens is 181 g/mol. The number of carboxylic acids is 1. The molecule has 1 N–H and O–H groups in total. The third kappa shape index (κ3) is 1.79. The smallest absolute Gasteiger partial charge is 0.312 e. The highest BCUT2D eigenvalue weighted by Crippen LogP contribution is 2.18. The SMILES string of the molecule is CC(C(=O)O)c1csc(CF)n1. The summed E-state index contributed by atoms with van der Waals surface area (Å²) >= 11 is 1.15. The Labute approximate surface area is 72.9 Å². The highest BCUT2D eigenvalue weighted by molar-refractivity contribution is 7.09. The first-order valence-electron chi connectivity index (χ1n) is 3.38. The van der Waals surface area contributed by atoms with Crippen LogP contribution < -0.4 is 0 Å². The van der Waals surface area contributed by atoms with E-state index in [-0.39, 0.29) is 0 Å². The first-order valence-corrected chi connectivity index (χ1v) is 4.26. The second-order valence-corrected chi connectivity index (χ2v) is 3.30. The molecule has 1 unspecified atom stereocenters. The Morgan fingerprint density at radius 3 is 3.00 bits per heavy atom. The van der Waals surface area contributed by atoms with Crippen LogP contribution in [0.15, 0.2) is 5.38 Å². The van der Waals surface area contributed by atoms with Gasteiger partial charge in [0, 0.05) is 5.38 Å². The maximum Gasteiger partial charge on any atom is 0.312 e. The number of hydrogen-bond donors (Lipinski definition) is 1. The van der Waals surface area contributed by atoms with Gasteiger partial charge in [0.15, 0.2) is 0 Å². The minimum absolute atomic E-state index is 0.332. The molecule has 1 aromatic rings. The zero-order valence-electron chi connectivity index (χ0n) is 6.45. The van der Waals surface area contributed by atoms with Crippen LogP contribution in [0, 0.1) is 0 Å². The molecule has 0 bridgehead atoms. The van der Waals surface area contributed by atoms with Crippen LogP contribution in [0.2, 0.25) is 0 Å². The summed E-state index contributed by atoms with van der Waals surface area (Å²) in [6, 6.07) is 0. The molecule has 1 rings (SSSR count). The third-order valence-corrected chi connectivity index (χ3v) is 2.33. The Kier molecular flexibility index (Phi) is 2.75. The number of carboxylic acid groups (broad SMARTS) is 1. The third-order valence-electron chi connectivity index (χ3n) is 1.50. The van der Waals surface area contributed by atoms with Crippen molar-refractivity contribution in [2.45, 2.75) is 19.5 Å². The van der Waals surface area contributed by atoms with E-state index in [0.29, 0.717) is 10.7 Å². The quantitative estimate of drug-likeness (QED) is 0.788. The molecule has 3 nitrogen and oxygen atoms in total. The van der Waals surface area contributed by atoms with Crippen LogP contribution in [0.1, 0.15) is 23.5 Å². The normalized spacial score (nSPS) is 12.8. The average Bonchev–Trinajstić information content (AvgIpc) is 2.50. The molecule has 12 heavy (non-hydrogen) atoms. The molecule has 1 atom stereocenters. The lowest BCUT2D eigenvalue weighted by atomic mass is 10.1. The van der Waals surface area contributed by atoms with Gasteiger partial charge < -0.3 is 5.11 Å². The van der Waals surface area contributed by atoms with Crippen molar-refractivity contribution in [2.75, 3.05) is 0 Å². The minimum Gasteiger partial charge on any atom is -0.481 e. The molecule has 0 saturated carbocycles. The van der Waals surface area contributed by atoms with Crippen LogP contribution in [-0.2, 0) is 11.5 Å². The maximum absolute atomic E-state index is 12.0. The van der Waals surface area contributed by atoms with Crippen LogP contribution >= 0.6 is 11.3 Å². The van der Waals surface area contributed by atoms with Gasteiger partial charge in [-0.25, -0.2) is 9.37 Å². The number of rotatable bonds is 3. The van der Waals surface area contributed by atoms with Crippen molar-refractivity contribution in [3.05, 3.63) is 16.1 Å². The summed E-state index contributed by atoms with van der Waals surface area (Å²) in [6.07, 6.45) is 0. The van der Waals surface area contributed by atoms with Crippen molar-refractivity contribution >= 4 is 17.3 Å². The number of aromatic nitrogens is 1. The van der Waals surface area contributed by atoms with Gasteiger partial charge in [0.05, 0.1) is 11.6 Å². The van der Waals surface area contributed by atoms with Crippen LogP contribution in [-0.4, -0.2) is 16.1 Å². The number of thiazole rings is 1. The van der Waals surface area contributed by atoms with E-state index in [2.05, 4.69) is 4.98 Å². The molecule has 5 heteroatoms. The number of carbonyl (C=O) groups is 1. The number of aliphatic carboxylic acids is 1. The highest BCUT2D eigenvalue weighted by Gasteiger charge is 2.16. The van der Waals surface area contributed by atoms with Crippen molar-refractivity contribution in [3.63, 3.8) is 0 Å². The zero-order chi connectivity index (χ0) is 9.14. The summed E-state index contributed by atoms with van der Waals surface area (Å²) in [5, 5.41) is 10.5. The number of alkyl halides is 1. The van der Waals surface area contributed by atoms with E-state index in [1.807, 2.05) is 0 Å². The maximum atomic E-state index is 12.0. The molecule has 0 saturated heterocycles. The Morgan fingerprint density at radius 1 is 1.92 bits per heavy atom. The molecule has 0 radical (unpaired) electrons. The van der Waals surface area contributed by atoms with Gasteiger partial charge >= 0.3 is 5.97 Å². The summed E-state index contributed by atoms with van der Waals surface area (Å²) in [7, 11) is 0. The molecule has 0 aliphatic heterocycles.